The van der Waals surface area contributed by atoms with Gasteiger partial charge in [-0.2, -0.15) is 0 Å². The molecule has 2 nitrogen and oxygen atoms in total. The Balaban J connectivity index is 3.03. The normalized spacial score (nSPS) is 11.6. The van der Waals surface area contributed by atoms with Crippen LogP contribution in [-0.2, 0) is 9.47 Å². The molecule has 0 fully saturated rings. The van der Waals surface area contributed by atoms with Crippen LogP contribution in [0.15, 0.2) is 12.2 Å². The fraction of sp³-hybridized carbons (Fsp3) is 0.900. The van der Waals surface area contributed by atoms with Crippen LogP contribution in [0.2, 0.25) is 0 Å². The van der Waals surface area contributed by atoms with Crippen LogP contribution in [0.5, 0.6) is 0 Å². The van der Waals surface area contributed by atoms with Gasteiger partial charge in [-0.15, -0.1) is 11.6 Å². The second kappa shape index (κ2) is 21.9. The van der Waals surface area contributed by atoms with Gasteiger partial charge in [-0.1, -0.05) is 70.4 Å². The number of rotatable bonds is 19. The molecule has 0 aromatic rings. The van der Waals surface area contributed by atoms with Crippen molar-refractivity contribution in [3.63, 3.8) is 0 Å². The van der Waals surface area contributed by atoms with Crippen molar-refractivity contribution in [1.82, 2.24) is 0 Å². The van der Waals surface area contributed by atoms with Crippen molar-refractivity contribution in [2.24, 2.45) is 0 Å². The van der Waals surface area contributed by atoms with Gasteiger partial charge in [0.15, 0.2) is 0 Å². The molecular formula is C20H39ClO2. The Morgan fingerprint density at radius 1 is 0.652 bits per heavy atom. The zero-order valence-corrected chi connectivity index (χ0v) is 16.1. The summed E-state index contributed by atoms with van der Waals surface area (Å²) in [6.45, 7) is 4.25. The van der Waals surface area contributed by atoms with Crippen LogP contribution in [0.3, 0.4) is 0 Å². The van der Waals surface area contributed by atoms with Gasteiger partial charge >= 0.3 is 0 Å². The molecule has 0 aromatic heterocycles. The first-order chi connectivity index (χ1) is 11.4. The molecule has 23 heavy (non-hydrogen) atoms. The summed E-state index contributed by atoms with van der Waals surface area (Å²) in [5, 5.41) is 0. The molecule has 0 aliphatic heterocycles. The zero-order valence-electron chi connectivity index (χ0n) is 15.4. The lowest BCUT2D eigenvalue weighted by molar-refractivity contribution is -0.0531. The van der Waals surface area contributed by atoms with Crippen molar-refractivity contribution in [2.75, 3.05) is 25.9 Å². The van der Waals surface area contributed by atoms with Gasteiger partial charge in [-0.3, -0.25) is 0 Å². The molecule has 0 aromatic carbocycles. The number of ether oxygens (including phenoxy) is 2. The third-order valence-electron chi connectivity index (χ3n) is 3.91. The molecule has 0 spiro atoms. The Morgan fingerprint density at radius 3 is 1.96 bits per heavy atom. The van der Waals surface area contributed by atoms with Crippen LogP contribution in [0.25, 0.3) is 0 Å². The van der Waals surface area contributed by atoms with Crippen LogP contribution < -0.4 is 0 Å². The number of alkyl halides is 1. The molecule has 0 atom stereocenters. The topological polar surface area (TPSA) is 18.5 Å². The highest BCUT2D eigenvalue weighted by Crippen LogP contribution is 2.10. The van der Waals surface area contributed by atoms with Gasteiger partial charge < -0.3 is 9.47 Å². The van der Waals surface area contributed by atoms with E-state index in [1.165, 1.54) is 70.6 Å². The summed E-state index contributed by atoms with van der Waals surface area (Å²) in [7, 11) is 0. The van der Waals surface area contributed by atoms with Gasteiger partial charge in [0, 0.05) is 12.5 Å². The minimum atomic E-state index is 0.447. The van der Waals surface area contributed by atoms with E-state index in [-0.39, 0.29) is 0 Å². The molecular weight excluding hydrogens is 308 g/mol. The maximum atomic E-state index is 5.66. The van der Waals surface area contributed by atoms with Crippen molar-refractivity contribution < 1.29 is 9.47 Å². The predicted octanol–water partition coefficient (Wildman–Crippen LogP) is 6.86. The number of unbranched alkanes of at least 4 members (excludes halogenated alkanes) is 10. The Morgan fingerprint density at radius 2 is 1.26 bits per heavy atom. The highest BCUT2D eigenvalue weighted by molar-refractivity contribution is 6.17. The van der Waals surface area contributed by atoms with Gasteiger partial charge in [-0.25, -0.2) is 0 Å². The molecule has 0 amide bonds. The second-order valence-electron chi connectivity index (χ2n) is 6.21. The van der Waals surface area contributed by atoms with E-state index < -0.39 is 0 Å². The number of hydrogen-bond donors (Lipinski definition) is 0. The molecule has 138 valence electrons. The van der Waals surface area contributed by atoms with Crippen molar-refractivity contribution in [3.05, 3.63) is 12.2 Å². The molecule has 0 saturated carbocycles. The summed E-state index contributed by atoms with van der Waals surface area (Å²) >= 11 is 5.66. The quantitative estimate of drug-likeness (QED) is 0.110. The van der Waals surface area contributed by atoms with Crippen LogP contribution in [0.4, 0.5) is 0 Å². The summed E-state index contributed by atoms with van der Waals surface area (Å²) in [6.07, 6.45) is 21.0. The number of hydrogen-bond acceptors (Lipinski definition) is 2. The molecule has 0 N–H and O–H groups in total. The maximum absolute atomic E-state index is 5.66. The van der Waals surface area contributed by atoms with E-state index in [9.17, 15) is 0 Å². The number of halogens is 1. The zero-order chi connectivity index (χ0) is 16.8. The van der Waals surface area contributed by atoms with Gasteiger partial charge in [0.2, 0.25) is 0 Å². The number of allylic oxidation sites excluding steroid dienone is 1. The fourth-order valence-corrected chi connectivity index (χ4v) is 2.62. The van der Waals surface area contributed by atoms with E-state index in [0.717, 1.165) is 31.9 Å². The lowest BCUT2D eigenvalue weighted by Gasteiger charge is -2.04. The molecule has 0 aliphatic carbocycles. The van der Waals surface area contributed by atoms with E-state index in [1.54, 1.807) is 0 Å². The third kappa shape index (κ3) is 21.9. The van der Waals surface area contributed by atoms with Crippen LogP contribution in [0, 0.1) is 0 Å². The molecule has 0 unspecified atom stereocenters. The average molecular weight is 347 g/mol. The molecule has 0 aliphatic rings. The SMILES string of the molecule is CCCCCOCOCCC=CCCCCCCCCCCCl. The van der Waals surface area contributed by atoms with E-state index in [0.29, 0.717) is 6.79 Å². The molecule has 0 radical (unpaired) electrons. The monoisotopic (exact) mass is 346 g/mol. The Labute approximate surface area is 150 Å². The van der Waals surface area contributed by atoms with Gasteiger partial charge in [0.1, 0.15) is 6.79 Å². The average Bonchev–Trinajstić information content (AvgIpc) is 2.57. The highest BCUT2D eigenvalue weighted by atomic mass is 35.5. The van der Waals surface area contributed by atoms with Crippen LogP contribution in [0.1, 0.15) is 90.4 Å². The van der Waals surface area contributed by atoms with Crippen molar-refractivity contribution >= 4 is 11.6 Å². The Hall–Kier alpha value is -0.0500. The highest BCUT2D eigenvalue weighted by Gasteiger charge is 1.92. The van der Waals surface area contributed by atoms with Crippen LogP contribution in [-0.4, -0.2) is 25.9 Å². The maximum Gasteiger partial charge on any atom is 0.146 e. The molecule has 3 heteroatoms. The van der Waals surface area contributed by atoms with E-state index in [1.807, 2.05) is 0 Å². The Bertz CT molecular complexity index is 232. The summed E-state index contributed by atoms with van der Waals surface area (Å²) in [5.41, 5.74) is 0. The predicted molar refractivity (Wildman–Crippen MR) is 102 cm³/mol. The van der Waals surface area contributed by atoms with Crippen molar-refractivity contribution in [2.45, 2.75) is 90.4 Å². The Kier molecular flexibility index (Phi) is 21.9. The van der Waals surface area contributed by atoms with Crippen molar-refractivity contribution in [3.8, 4) is 0 Å². The van der Waals surface area contributed by atoms with Gasteiger partial charge in [0.25, 0.3) is 0 Å². The summed E-state index contributed by atoms with van der Waals surface area (Å²) in [6, 6.07) is 0. The minimum Gasteiger partial charge on any atom is -0.355 e. The van der Waals surface area contributed by atoms with Crippen molar-refractivity contribution in [1.29, 1.82) is 0 Å². The molecule has 0 saturated heterocycles. The molecule has 0 rings (SSSR count). The summed E-state index contributed by atoms with van der Waals surface area (Å²) in [4.78, 5) is 0. The van der Waals surface area contributed by atoms with E-state index in [4.69, 9.17) is 21.1 Å². The van der Waals surface area contributed by atoms with Gasteiger partial charge in [0.05, 0.1) is 6.61 Å². The first-order valence-corrected chi connectivity index (χ1v) is 10.3. The first kappa shape index (κ1) is 22.9. The van der Waals surface area contributed by atoms with Gasteiger partial charge in [-0.05, 0) is 32.1 Å². The molecule has 0 bridgehead atoms. The van der Waals surface area contributed by atoms with Crippen LogP contribution >= 0.6 is 11.6 Å². The first-order valence-electron chi connectivity index (χ1n) is 9.78. The lowest BCUT2D eigenvalue weighted by atomic mass is 10.1. The third-order valence-corrected chi connectivity index (χ3v) is 4.18. The smallest absolute Gasteiger partial charge is 0.146 e. The standard InChI is InChI=1S/C20H39ClO2/c1-2-3-15-18-22-20-23-19-16-13-11-9-7-5-4-6-8-10-12-14-17-21/h11,13H,2-10,12,14-20H2,1H3. The second-order valence-corrected chi connectivity index (χ2v) is 6.59. The fourth-order valence-electron chi connectivity index (χ4n) is 2.44. The summed E-state index contributed by atoms with van der Waals surface area (Å²) in [5.74, 6) is 0.823. The molecule has 0 heterocycles. The van der Waals surface area contributed by atoms with E-state index >= 15 is 0 Å². The minimum absolute atomic E-state index is 0.447. The lowest BCUT2D eigenvalue weighted by Crippen LogP contribution is -2.02. The van der Waals surface area contributed by atoms with E-state index in [2.05, 4.69) is 19.1 Å². The largest absolute Gasteiger partial charge is 0.355 e. The summed E-state index contributed by atoms with van der Waals surface area (Å²) < 4.78 is 10.8.